The van der Waals surface area contributed by atoms with Crippen LogP contribution in [0.15, 0.2) is 0 Å². The van der Waals surface area contributed by atoms with Crippen LogP contribution in [0.4, 0.5) is 0 Å². The summed E-state index contributed by atoms with van der Waals surface area (Å²) in [5.41, 5.74) is 6.18. The number of hydrogen-bond acceptors (Lipinski definition) is 3. The molecular weight excluding hydrogens is 244 g/mol. The van der Waals surface area contributed by atoms with Crippen molar-refractivity contribution < 1.29 is 14.7 Å². The number of nitrogens with two attached hydrogens (primary N) is 1. The van der Waals surface area contributed by atoms with Gasteiger partial charge in [0.25, 0.3) is 0 Å². The summed E-state index contributed by atoms with van der Waals surface area (Å²) in [6.07, 6.45) is 3.42. The van der Waals surface area contributed by atoms with E-state index in [1.54, 1.807) is 6.92 Å². The molecule has 1 amide bonds. The molecule has 5 atom stereocenters. The van der Waals surface area contributed by atoms with Crippen molar-refractivity contribution in [2.45, 2.75) is 32.2 Å². The van der Waals surface area contributed by atoms with Crippen molar-refractivity contribution in [1.82, 2.24) is 4.90 Å². The number of nitrogens with zero attached hydrogens (tertiary/aromatic N) is 1. The average Bonchev–Trinajstić information content (AvgIpc) is 2.86. The van der Waals surface area contributed by atoms with Crippen LogP contribution in [0.3, 0.4) is 0 Å². The molecule has 0 radical (unpaired) electrons. The largest absolute Gasteiger partial charge is 0.481 e. The van der Waals surface area contributed by atoms with E-state index in [1.807, 2.05) is 4.90 Å². The maximum Gasteiger partial charge on any atom is 0.306 e. The van der Waals surface area contributed by atoms with Crippen molar-refractivity contribution in [3.63, 3.8) is 0 Å². The van der Waals surface area contributed by atoms with Crippen molar-refractivity contribution in [1.29, 1.82) is 0 Å². The molecule has 0 spiro atoms. The Morgan fingerprint density at radius 1 is 1.26 bits per heavy atom. The Kier molecular flexibility index (Phi) is 3.04. The summed E-state index contributed by atoms with van der Waals surface area (Å²) in [6.45, 7) is 2.90. The molecule has 3 N–H and O–H groups in total. The fourth-order valence-electron chi connectivity index (χ4n) is 4.12. The first kappa shape index (κ1) is 12.9. The van der Waals surface area contributed by atoms with Gasteiger partial charge in [0.2, 0.25) is 5.91 Å². The van der Waals surface area contributed by atoms with Gasteiger partial charge in [-0.2, -0.15) is 0 Å². The summed E-state index contributed by atoms with van der Waals surface area (Å²) in [7, 11) is 0. The summed E-state index contributed by atoms with van der Waals surface area (Å²) in [6, 6.07) is 0.0298. The summed E-state index contributed by atoms with van der Waals surface area (Å²) < 4.78 is 0. The molecule has 2 bridgehead atoms. The fourth-order valence-corrected chi connectivity index (χ4v) is 4.12. The minimum Gasteiger partial charge on any atom is -0.481 e. The molecular formula is C14H22N2O3. The molecule has 1 aliphatic heterocycles. The number of fused-ring (bicyclic) bond motifs is 2. The van der Waals surface area contributed by atoms with E-state index in [0.717, 1.165) is 12.8 Å². The highest BCUT2D eigenvalue weighted by atomic mass is 16.4. The van der Waals surface area contributed by atoms with E-state index in [-0.39, 0.29) is 29.7 Å². The van der Waals surface area contributed by atoms with Gasteiger partial charge in [-0.1, -0.05) is 6.92 Å². The second kappa shape index (κ2) is 4.47. The molecule has 3 fully saturated rings. The highest BCUT2D eigenvalue weighted by Gasteiger charge is 2.51. The number of likely N-dealkylation sites (tertiary alicyclic amines) is 1. The average molecular weight is 266 g/mol. The fraction of sp³-hybridized carbons (Fsp3) is 0.857. The Hall–Kier alpha value is -1.10. The molecule has 19 heavy (non-hydrogen) atoms. The maximum absolute atomic E-state index is 12.5. The number of amides is 1. The van der Waals surface area contributed by atoms with Gasteiger partial charge in [0, 0.05) is 25.0 Å². The lowest BCUT2D eigenvalue weighted by atomic mass is 9.81. The Bertz CT molecular complexity index is 403. The Morgan fingerprint density at radius 3 is 2.42 bits per heavy atom. The van der Waals surface area contributed by atoms with E-state index >= 15 is 0 Å². The molecule has 106 valence electrons. The molecule has 5 unspecified atom stereocenters. The summed E-state index contributed by atoms with van der Waals surface area (Å²) in [4.78, 5) is 25.2. The first-order chi connectivity index (χ1) is 8.99. The lowest BCUT2D eigenvalue weighted by Gasteiger charge is -2.44. The Morgan fingerprint density at radius 2 is 1.89 bits per heavy atom. The molecule has 1 heterocycles. The van der Waals surface area contributed by atoms with Crippen LogP contribution in [0.5, 0.6) is 0 Å². The van der Waals surface area contributed by atoms with Gasteiger partial charge in [-0.15, -0.1) is 0 Å². The zero-order valence-electron chi connectivity index (χ0n) is 11.3. The number of carbonyl (C=O) groups is 2. The van der Waals surface area contributed by atoms with Crippen molar-refractivity contribution in [2.75, 3.05) is 13.1 Å². The van der Waals surface area contributed by atoms with E-state index < -0.39 is 5.97 Å². The van der Waals surface area contributed by atoms with Crippen LogP contribution >= 0.6 is 0 Å². The van der Waals surface area contributed by atoms with Crippen LogP contribution in [0, 0.1) is 29.6 Å². The number of aliphatic carboxylic acids is 1. The summed E-state index contributed by atoms with van der Waals surface area (Å²) >= 11 is 0. The number of rotatable bonds is 3. The third-order valence-corrected chi connectivity index (χ3v) is 5.58. The first-order valence-electron chi connectivity index (χ1n) is 7.26. The predicted molar refractivity (Wildman–Crippen MR) is 69.2 cm³/mol. The number of hydrogen-bond donors (Lipinski definition) is 2. The smallest absolute Gasteiger partial charge is 0.306 e. The minimum atomic E-state index is -0.770. The van der Waals surface area contributed by atoms with E-state index in [0.29, 0.717) is 24.9 Å². The number of carboxylic acid groups (broad SMARTS) is 1. The van der Waals surface area contributed by atoms with Crippen molar-refractivity contribution in [3.05, 3.63) is 0 Å². The zero-order valence-corrected chi connectivity index (χ0v) is 11.3. The lowest BCUT2D eigenvalue weighted by Crippen LogP contribution is -2.57. The van der Waals surface area contributed by atoms with Gasteiger partial charge in [0.1, 0.15) is 0 Å². The van der Waals surface area contributed by atoms with Crippen LogP contribution in [-0.2, 0) is 9.59 Å². The van der Waals surface area contributed by atoms with Gasteiger partial charge < -0.3 is 15.7 Å². The summed E-state index contributed by atoms with van der Waals surface area (Å²) in [5.74, 6) is 0.161. The van der Waals surface area contributed by atoms with Gasteiger partial charge in [0.05, 0.1) is 11.8 Å². The van der Waals surface area contributed by atoms with Gasteiger partial charge in [-0.25, -0.2) is 0 Å². The van der Waals surface area contributed by atoms with E-state index in [9.17, 15) is 9.59 Å². The first-order valence-corrected chi connectivity index (χ1v) is 7.26. The van der Waals surface area contributed by atoms with E-state index in [2.05, 4.69) is 0 Å². The van der Waals surface area contributed by atoms with Gasteiger partial charge >= 0.3 is 5.97 Å². The van der Waals surface area contributed by atoms with Crippen molar-refractivity contribution in [3.8, 4) is 0 Å². The van der Waals surface area contributed by atoms with Crippen molar-refractivity contribution >= 4 is 11.9 Å². The molecule has 2 saturated carbocycles. The molecule has 3 rings (SSSR count). The normalized spacial score (nSPS) is 39.2. The molecule has 0 aromatic heterocycles. The highest BCUT2D eigenvalue weighted by molar-refractivity contribution is 5.81. The van der Waals surface area contributed by atoms with Crippen LogP contribution < -0.4 is 5.73 Å². The van der Waals surface area contributed by atoms with Gasteiger partial charge in [0.15, 0.2) is 0 Å². The second-order valence-electron chi connectivity index (χ2n) is 6.57. The molecule has 2 aliphatic carbocycles. The third-order valence-electron chi connectivity index (χ3n) is 5.58. The number of carboxylic acids is 1. The standard InChI is InChI=1S/C14H22N2O3/c1-7(14(18)19)10-5-16(6-10)13(17)11-8-2-3-9(4-8)12(11)15/h7-12H,2-6,15H2,1H3,(H,18,19). The highest BCUT2D eigenvalue weighted by Crippen LogP contribution is 2.48. The van der Waals surface area contributed by atoms with Crippen LogP contribution in [0.1, 0.15) is 26.2 Å². The van der Waals surface area contributed by atoms with Gasteiger partial charge in [-0.05, 0) is 31.1 Å². The molecule has 0 aromatic rings. The molecule has 5 heteroatoms. The molecule has 1 saturated heterocycles. The zero-order chi connectivity index (χ0) is 13.7. The molecule has 0 aromatic carbocycles. The topological polar surface area (TPSA) is 83.6 Å². The SMILES string of the molecule is CC(C(=O)O)C1CN(C(=O)C2C3CCC(C3)C2N)C1. The maximum atomic E-state index is 12.5. The Balaban J connectivity index is 1.57. The quantitative estimate of drug-likeness (QED) is 0.781. The monoisotopic (exact) mass is 266 g/mol. The van der Waals surface area contributed by atoms with Crippen LogP contribution in [0.25, 0.3) is 0 Å². The lowest BCUT2D eigenvalue weighted by molar-refractivity contribution is -0.153. The summed E-state index contributed by atoms with van der Waals surface area (Å²) in [5, 5.41) is 8.96. The molecule has 3 aliphatic rings. The molecule has 5 nitrogen and oxygen atoms in total. The minimum absolute atomic E-state index is 0.000154. The van der Waals surface area contributed by atoms with Crippen molar-refractivity contribution in [2.24, 2.45) is 35.3 Å². The third kappa shape index (κ3) is 1.95. The van der Waals surface area contributed by atoms with Gasteiger partial charge in [-0.3, -0.25) is 9.59 Å². The number of carbonyl (C=O) groups excluding carboxylic acids is 1. The van der Waals surface area contributed by atoms with Crippen LogP contribution in [0.2, 0.25) is 0 Å². The predicted octanol–water partition coefficient (Wildman–Crippen LogP) is 0.539. The Labute approximate surface area is 113 Å². The second-order valence-corrected chi connectivity index (χ2v) is 6.57. The van der Waals surface area contributed by atoms with E-state index in [4.69, 9.17) is 10.8 Å². The van der Waals surface area contributed by atoms with E-state index in [1.165, 1.54) is 6.42 Å². The van der Waals surface area contributed by atoms with Crippen LogP contribution in [-0.4, -0.2) is 41.0 Å².